The van der Waals surface area contributed by atoms with Gasteiger partial charge in [0.2, 0.25) is 11.7 Å². The number of aromatic nitrogens is 4. The minimum atomic E-state index is 0.637. The van der Waals surface area contributed by atoms with E-state index in [2.05, 4.69) is 25.0 Å². The first-order valence-electron chi connectivity index (χ1n) is 7.78. The summed E-state index contributed by atoms with van der Waals surface area (Å²) in [6.07, 6.45) is 2.55. The van der Waals surface area contributed by atoms with Crippen LogP contribution in [0.1, 0.15) is 17.1 Å². The lowest BCUT2D eigenvalue weighted by Gasteiger charge is -2.29. The van der Waals surface area contributed by atoms with Crippen molar-refractivity contribution in [1.82, 2.24) is 25.0 Å². The quantitative estimate of drug-likeness (QED) is 0.720. The minimum Gasteiger partial charge on any atom is -0.362 e. The Kier molecular flexibility index (Phi) is 3.99. The first kappa shape index (κ1) is 15.2. The standard InChI is InChI=1S/C16H18N6OS/c1-21(2)16-12-7-22(5-3-13(12)17-10-18-16)8-14-19-15(20-23-14)11-4-6-24-9-11/h4,6,9-10H,3,5,7-8H2,1-2H3. The van der Waals surface area contributed by atoms with Gasteiger partial charge < -0.3 is 9.42 Å². The average molecular weight is 342 g/mol. The molecule has 0 aromatic carbocycles. The van der Waals surface area contributed by atoms with Gasteiger partial charge in [-0.25, -0.2) is 9.97 Å². The highest BCUT2D eigenvalue weighted by Crippen LogP contribution is 2.26. The second-order valence-electron chi connectivity index (χ2n) is 6.00. The molecule has 3 aromatic heterocycles. The molecule has 0 N–H and O–H groups in total. The van der Waals surface area contributed by atoms with E-state index in [4.69, 9.17) is 4.52 Å². The molecule has 3 aromatic rings. The highest BCUT2D eigenvalue weighted by molar-refractivity contribution is 7.08. The summed E-state index contributed by atoms with van der Waals surface area (Å²) in [4.78, 5) is 17.7. The molecule has 0 radical (unpaired) electrons. The third kappa shape index (κ3) is 2.90. The fraction of sp³-hybridized carbons (Fsp3) is 0.375. The molecule has 1 aliphatic rings. The van der Waals surface area contributed by atoms with Crippen molar-refractivity contribution in [2.75, 3.05) is 25.5 Å². The van der Waals surface area contributed by atoms with E-state index in [1.807, 2.05) is 35.8 Å². The third-order valence-electron chi connectivity index (χ3n) is 4.09. The summed E-state index contributed by atoms with van der Waals surface area (Å²) >= 11 is 1.63. The molecule has 124 valence electrons. The maximum atomic E-state index is 5.42. The molecule has 0 saturated carbocycles. The maximum Gasteiger partial charge on any atom is 0.241 e. The smallest absolute Gasteiger partial charge is 0.241 e. The van der Waals surface area contributed by atoms with Gasteiger partial charge in [-0.1, -0.05) is 5.16 Å². The SMILES string of the molecule is CN(C)c1ncnc2c1CN(Cc1nc(-c3ccsc3)no1)CC2. The Morgan fingerprint density at radius 2 is 2.25 bits per heavy atom. The number of hydrogen-bond acceptors (Lipinski definition) is 8. The predicted octanol–water partition coefficient (Wildman–Crippen LogP) is 2.21. The van der Waals surface area contributed by atoms with E-state index in [0.717, 1.165) is 36.6 Å². The van der Waals surface area contributed by atoms with E-state index in [0.29, 0.717) is 18.3 Å². The Morgan fingerprint density at radius 1 is 1.33 bits per heavy atom. The van der Waals surface area contributed by atoms with Crippen LogP contribution in [0.5, 0.6) is 0 Å². The predicted molar refractivity (Wildman–Crippen MR) is 91.8 cm³/mol. The average Bonchev–Trinajstić information content (AvgIpc) is 3.25. The van der Waals surface area contributed by atoms with Crippen molar-refractivity contribution in [1.29, 1.82) is 0 Å². The van der Waals surface area contributed by atoms with Gasteiger partial charge in [-0.2, -0.15) is 16.3 Å². The fourth-order valence-corrected chi connectivity index (χ4v) is 3.56. The summed E-state index contributed by atoms with van der Waals surface area (Å²) in [5.74, 6) is 2.28. The van der Waals surface area contributed by atoms with Crippen LogP contribution in [-0.2, 0) is 19.5 Å². The minimum absolute atomic E-state index is 0.637. The van der Waals surface area contributed by atoms with E-state index in [1.165, 1.54) is 5.56 Å². The number of hydrogen-bond donors (Lipinski definition) is 0. The molecule has 4 rings (SSSR count). The van der Waals surface area contributed by atoms with E-state index in [1.54, 1.807) is 17.7 Å². The lowest BCUT2D eigenvalue weighted by molar-refractivity contribution is 0.209. The largest absolute Gasteiger partial charge is 0.362 e. The highest BCUT2D eigenvalue weighted by atomic mass is 32.1. The molecule has 0 bridgehead atoms. The molecule has 0 saturated heterocycles. The zero-order valence-corrected chi connectivity index (χ0v) is 14.5. The van der Waals surface area contributed by atoms with Gasteiger partial charge in [-0.05, 0) is 11.4 Å². The molecule has 0 spiro atoms. The summed E-state index contributed by atoms with van der Waals surface area (Å²) in [6, 6.07) is 2.00. The summed E-state index contributed by atoms with van der Waals surface area (Å²) in [7, 11) is 4.01. The van der Waals surface area contributed by atoms with Gasteiger partial charge in [0, 0.05) is 50.1 Å². The van der Waals surface area contributed by atoms with Crippen LogP contribution in [0, 0.1) is 0 Å². The molecule has 7 nitrogen and oxygen atoms in total. The summed E-state index contributed by atoms with van der Waals surface area (Å²) in [5, 5.41) is 8.11. The molecule has 24 heavy (non-hydrogen) atoms. The molecular formula is C16H18N6OS. The highest BCUT2D eigenvalue weighted by Gasteiger charge is 2.23. The van der Waals surface area contributed by atoms with E-state index < -0.39 is 0 Å². The van der Waals surface area contributed by atoms with Crippen molar-refractivity contribution in [2.24, 2.45) is 0 Å². The van der Waals surface area contributed by atoms with Crippen LogP contribution >= 0.6 is 11.3 Å². The monoisotopic (exact) mass is 342 g/mol. The maximum absolute atomic E-state index is 5.42. The molecular weight excluding hydrogens is 324 g/mol. The van der Waals surface area contributed by atoms with Crippen LogP contribution < -0.4 is 4.90 Å². The van der Waals surface area contributed by atoms with E-state index in [9.17, 15) is 0 Å². The number of nitrogens with zero attached hydrogens (tertiary/aromatic N) is 6. The van der Waals surface area contributed by atoms with Crippen molar-refractivity contribution in [3.63, 3.8) is 0 Å². The van der Waals surface area contributed by atoms with Crippen molar-refractivity contribution < 1.29 is 4.52 Å². The van der Waals surface area contributed by atoms with Crippen LogP contribution in [-0.4, -0.2) is 45.6 Å². The first-order chi connectivity index (χ1) is 11.7. The Bertz CT molecular complexity index is 829. The molecule has 4 heterocycles. The fourth-order valence-electron chi connectivity index (χ4n) is 2.92. The second kappa shape index (κ2) is 6.29. The van der Waals surface area contributed by atoms with Crippen LogP contribution in [0.2, 0.25) is 0 Å². The summed E-state index contributed by atoms with van der Waals surface area (Å²) in [6.45, 7) is 2.35. The van der Waals surface area contributed by atoms with Gasteiger partial charge in [-0.15, -0.1) is 0 Å². The van der Waals surface area contributed by atoms with Crippen molar-refractivity contribution in [3.8, 4) is 11.4 Å². The molecule has 0 atom stereocenters. The first-order valence-corrected chi connectivity index (χ1v) is 8.72. The zero-order valence-electron chi connectivity index (χ0n) is 13.6. The van der Waals surface area contributed by atoms with Gasteiger partial charge in [-0.3, -0.25) is 4.90 Å². The molecule has 0 amide bonds. The lowest BCUT2D eigenvalue weighted by Crippen LogP contribution is -2.32. The van der Waals surface area contributed by atoms with E-state index in [-0.39, 0.29) is 0 Å². The van der Waals surface area contributed by atoms with Crippen LogP contribution in [0.25, 0.3) is 11.4 Å². The number of thiophene rings is 1. The van der Waals surface area contributed by atoms with Crippen LogP contribution in [0.4, 0.5) is 5.82 Å². The van der Waals surface area contributed by atoms with Crippen molar-refractivity contribution in [3.05, 3.63) is 40.3 Å². The van der Waals surface area contributed by atoms with Gasteiger partial charge in [0.15, 0.2) is 0 Å². The zero-order chi connectivity index (χ0) is 16.5. The third-order valence-corrected chi connectivity index (χ3v) is 4.77. The van der Waals surface area contributed by atoms with Gasteiger partial charge in [0.05, 0.1) is 12.2 Å². The topological polar surface area (TPSA) is 71.2 Å². The number of rotatable bonds is 4. The van der Waals surface area contributed by atoms with E-state index >= 15 is 0 Å². The Labute approximate surface area is 144 Å². The normalized spacial score (nSPS) is 14.6. The van der Waals surface area contributed by atoms with Gasteiger partial charge in [0.25, 0.3) is 0 Å². The Hall–Kier alpha value is -2.32. The number of fused-ring (bicyclic) bond motifs is 1. The van der Waals surface area contributed by atoms with Crippen molar-refractivity contribution in [2.45, 2.75) is 19.5 Å². The Morgan fingerprint density at radius 3 is 3.04 bits per heavy atom. The van der Waals surface area contributed by atoms with Crippen LogP contribution in [0.15, 0.2) is 27.7 Å². The van der Waals surface area contributed by atoms with Crippen molar-refractivity contribution >= 4 is 17.2 Å². The second-order valence-corrected chi connectivity index (χ2v) is 6.78. The lowest BCUT2D eigenvalue weighted by atomic mass is 10.1. The molecule has 0 unspecified atom stereocenters. The summed E-state index contributed by atoms with van der Waals surface area (Å²) < 4.78 is 5.42. The molecule has 0 aliphatic carbocycles. The molecule has 8 heteroatoms. The van der Waals surface area contributed by atoms with Crippen LogP contribution in [0.3, 0.4) is 0 Å². The summed E-state index contributed by atoms with van der Waals surface area (Å²) in [5.41, 5.74) is 3.32. The van der Waals surface area contributed by atoms with Gasteiger partial charge >= 0.3 is 0 Å². The molecule has 0 fully saturated rings. The number of anilines is 1. The molecule has 1 aliphatic heterocycles. The van der Waals surface area contributed by atoms with Gasteiger partial charge in [0.1, 0.15) is 12.1 Å². The Balaban J connectivity index is 1.51.